The zero-order valence-corrected chi connectivity index (χ0v) is 15.8. The maximum atomic E-state index is 9.73. The zero-order chi connectivity index (χ0) is 17.9. The fourth-order valence-electron chi connectivity index (χ4n) is 1.02. The molecule has 0 aliphatic rings. The second-order valence-corrected chi connectivity index (χ2v) is 10.1. The van der Waals surface area contributed by atoms with Crippen molar-refractivity contribution in [3.8, 4) is 0 Å². The van der Waals surface area contributed by atoms with Gasteiger partial charge in [0.05, 0.1) is 13.2 Å². The lowest BCUT2D eigenvalue weighted by molar-refractivity contribution is 0.0579. The van der Waals surface area contributed by atoms with E-state index in [0.29, 0.717) is 0 Å². The van der Waals surface area contributed by atoms with E-state index in [1.807, 2.05) is 0 Å². The average Bonchev–Trinajstić information content (AvgIpc) is 2.48. The van der Waals surface area contributed by atoms with Crippen molar-refractivity contribution in [3.05, 3.63) is 0 Å². The lowest BCUT2D eigenvalue weighted by atomic mass is 10.2. The summed E-state index contributed by atoms with van der Waals surface area (Å²) in [5, 5.41) is 17.9. The molecule has 14 heteroatoms. The second kappa shape index (κ2) is 12.3. The fraction of sp³-hybridized carbons (Fsp3) is 1.00. The normalized spacial score (nSPS) is 19.7. The lowest BCUT2D eigenvalue weighted by Gasteiger charge is -2.21. The smallest absolute Gasteiger partial charge is 0.326 e. The summed E-state index contributed by atoms with van der Waals surface area (Å²) in [7, 11) is 0. The van der Waals surface area contributed by atoms with Gasteiger partial charge in [-0.3, -0.25) is 9.05 Å². The molecule has 0 saturated carbocycles. The Labute approximate surface area is 145 Å². The Morgan fingerprint density at radius 1 is 0.783 bits per heavy atom. The number of aliphatic hydroxyl groups is 2. The van der Waals surface area contributed by atoms with Crippen LogP contribution in [0.15, 0.2) is 0 Å². The van der Waals surface area contributed by atoms with Gasteiger partial charge in [-0.1, -0.05) is 0 Å². The molecule has 0 radical (unpaired) electrons. The van der Waals surface area contributed by atoms with E-state index >= 15 is 0 Å². The molecule has 0 aromatic carbocycles. The minimum Gasteiger partial charge on any atom is -0.396 e. The van der Waals surface area contributed by atoms with Crippen molar-refractivity contribution in [1.82, 2.24) is 0 Å². The highest BCUT2D eigenvalue weighted by molar-refractivity contribution is 8.07. The number of aliphatic hydroxyl groups excluding tert-OH is 2. The quantitative estimate of drug-likeness (QED) is 0.145. The molecule has 4 atom stereocenters. The third-order valence-corrected chi connectivity index (χ3v) is 5.64. The van der Waals surface area contributed by atoms with E-state index in [1.165, 1.54) is 0 Å². The van der Waals surface area contributed by atoms with Crippen LogP contribution in [-0.2, 0) is 41.7 Å². The van der Waals surface area contributed by atoms with Crippen molar-refractivity contribution in [2.24, 2.45) is 23.3 Å². The topological polar surface area (TPSA) is 170 Å². The SMILES string of the molecule is NCC(CO)COP(O)(=S)OCOP(O)(=S)OCC(CN)CO. The molecule has 0 spiro atoms. The van der Waals surface area contributed by atoms with Crippen LogP contribution in [0.4, 0.5) is 0 Å². The summed E-state index contributed by atoms with van der Waals surface area (Å²) >= 11 is 9.43. The van der Waals surface area contributed by atoms with E-state index in [1.54, 1.807) is 0 Å². The first-order valence-corrected chi connectivity index (χ1v) is 11.7. The fourth-order valence-corrected chi connectivity index (χ4v) is 3.05. The Bertz CT molecular complexity index is 375. The predicted octanol–water partition coefficient (Wildman–Crippen LogP) is -1.42. The van der Waals surface area contributed by atoms with Crippen LogP contribution < -0.4 is 11.5 Å². The molecule has 0 saturated heterocycles. The largest absolute Gasteiger partial charge is 0.396 e. The lowest BCUT2D eigenvalue weighted by Crippen LogP contribution is -2.23. The van der Waals surface area contributed by atoms with Crippen molar-refractivity contribution >= 4 is 37.1 Å². The third kappa shape index (κ3) is 12.0. The zero-order valence-electron chi connectivity index (χ0n) is 12.4. The molecule has 0 aromatic heterocycles. The van der Waals surface area contributed by atoms with E-state index in [0.717, 1.165) is 0 Å². The van der Waals surface area contributed by atoms with E-state index in [-0.39, 0.29) is 51.4 Å². The number of nitrogens with two attached hydrogens (primary N) is 2. The van der Waals surface area contributed by atoms with Gasteiger partial charge in [-0.25, -0.2) is 0 Å². The summed E-state index contributed by atoms with van der Waals surface area (Å²) in [4.78, 5) is 19.5. The van der Waals surface area contributed by atoms with E-state index in [4.69, 9.17) is 63.4 Å². The van der Waals surface area contributed by atoms with Crippen LogP contribution >= 0.6 is 13.4 Å². The molecule has 0 fully saturated rings. The highest BCUT2D eigenvalue weighted by Gasteiger charge is 2.22. The molecule has 0 aliphatic carbocycles. The summed E-state index contributed by atoms with van der Waals surface area (Å²) in [5.41, 5.74) is 10.7. The summed E-state index contributed by atoms with van der Waals surface area (Å²) in [5.74, 6) is -0.764. The molecular formula is C9H24N2O8P2S2. The van der Waals surface area contributed by atoms with E-state index < -0.39 is 20.2 Å². The van der Waals surface area contributed by atoms with Gasteiger partial charge in [0.25, 0.3) is 0 Å². The van der Waals surface area contributed by atoms with Crippen molar-refractivity contribution in [3.63, 3.8) is 0 Å². The highest BCUT2D eigenvalue weighted by Crippen LogP contribution is 2.48. The van der Waals surface area contributed by atoms with Gasteiger partial charge < -0.3 is 40.5 Å². The maximum Gasteiger partial charge on any atom is 0.326 e. The van der Waals surface area contributed by atoms with Crippen molar-refractivity contribution in [2.45, 2.75) is 0 Å². The molecule has 0 aromatic rings. The second-order valence-electron chi connectivity index (χ2n) is 4.47. The van der Waals surface area contributed by atoms with Gasteiger partial charge in [-0.15, -0.1) is 0 Å². The first-order chi connectivity index (χ1) is 10.7. The van der Waals surface area contributed by atoms with Gasteiger partial charge in [0.15, 0.2) is 6.79 Å². The van der Waals surface area contributed by atoms with Gasteiger partial charge >= 0.3 is 13.4 Å². The Balaban J connectivity index is 4.14. The summed E-state index contributed by atoms with van der Waals surface area (Å²) in [6, 6.07) is 0. The summed E-state index contributed by atoms with van der Waals surface area (Å²) in [6.45, 7) is -8.19. The molecule has 0 rings (SSSR count). The van der Waals surface area contributed by atoms with Crippen LogP contribution in [0.5, 0.6) is 0 Å². The molecule has 0 heterocycles. The molecule has 0 aliphatic heterocycles. The Hall–Kier alpha value is 0.900. The van der Waals surface area contributed by atoms with Crippen molar-refractivity contribution in [1.29, 1.82) is 0 Å². The molecular weight excluding hydrogens is 390 g/mol. The first kappa shape index (κ1) is 23.9. The summed E-state index contributed by atoms with van der Waals surface area (Å²) in [6.07, 6.45) is 0. The summed E-state index contributed by atoms with van der Waals surface area (Å²) < 4.78 is 19.6. The Morgan fingerprint density at radius 2 is 1.13 bits per heavy atom. The van der Waals surface area contributed by atoms with Crippen LogP contribution in [-0.4, -0.2) is 66.3 Å². The predicted molar refractivity (Wildman–Crippen MR) is 91.2 cm³/mol. The van der Waals surface area contributed by atoms with Crippen LogP contribution in [0, 0.1) is 11.8 Å². The van der Waals surface area contributed by atoms with Gasteiger partial charge in [-0.05, 0) is 36.7 Å². The third-order valence-electron chi connectivity index (χ3n) is 2.56. The monoisotopic (exact) mass is 414 g/mol. The van der Waals surface area contributed by atoms with Gasteiger partial charge in [0, 0.05) is 25.0 Å². The Kier molecular flexibility index (Phi) is 12.8. The van der Waals surface area contributed by atoms with Crippen LogP contribution in [0.3, 0.4) is 0 Å². The number of rotatable bonds is 14. The molecule has 4 unspecified atom stereocenters. The Morgan fingerprint density at radius 3 is 1.39 bits per heavy atom. The molecule has 10 nitrogen and oxygen atoms in total. The van der Waals surface area contributed by atoms with Crippen molar-refractivity contribution in [2.75, 3.05) is 46.3 Å². The standard InChI is InChI=1S/C9H24N2O8P2S2/c10-1-8(3-12)5-16-20(14,22)18-7-19-21(15,23)17-6-9(2-11)4-13/h8-9,12-13H,1-7,10-11H2,(H,14,22)(H,15,23). The molecule has 23 heavy (non-hydrogen) atoms. The molecule has 0 bridgehead atoms. The highest BCUT2D eigenvalue weighted by atomic mass is 32.5. The van der Waals surface area contributed by atoms with Crippen molar-refractivity contribution < 1.29 is 38.1 Å². The van der Waals surface area contributed by atoms with Crippen LogP contribution in [0.25, 0.3) is 0 Å². The molecule has 140 valence electrons. The number of hydrogen-bond donors (Lipinski definition) is 6. The van der Waals surface area contributed by atoms with Crippen LogP contribution in [0.1, 0.15) is 0 Å². The minimum atomic E-state index is -3.62. The van der Waals surface area contributed by atoms with Gasteiger partial charge in [0.2, 0.25) is 0 Å². The molecule has 8 N–H and O–H groups in total. The molecule has 0 amide bonds. The average molecular weight is 414 g/mol. The van der Waals surface area contributed by atoms with Crippen LogP contribution in [0.2, 0.25) is 0 Å². The maximum absolute atomic E-state index is 9.73. The van der Waals surface area contributed by atoms with Gasteiger partial charge in [-0.2, -0.15) is 0 Å². The first-order valence-electron chi connectivity index (χ1n) is 6.55. The van der Waals surface area contributed by atoms with E-state index in [9.17, 15) is 9.79 Å². The van der Waals surface area contributed by atoms with Gasteiger partial charge in [0.1, 0.15) is 0 Å². The minimum absolute atomic E-state index is 0.0841. The van der Waals surface area contributed by atoms with E-state index in [2.05, 4.69) is 0 Å². The number of hydrogen-bond acceptors (Lipinski definition) is 10.